The predicted molar refractivity (Wildman–Crippen MR) is 68.2 cm³/mol. The summed E-state index contributed by atoms with van der Waals surface area (Å²) in [7, 11) is 0. The van der Waals surface area contributed by atoms with Crippen LogP contribution in [0.1, 0.15) is 72.1 Å². The van der Waals surface area contributed by atoms with E-state index in [4.69, 9.17) is 0 Å². The van der Waals surface area contributed by atoms with Crippen LogP contribution < -0.4 is 5.32 Å². The first kappa shape index (κ1) is 13.0. The van der Waals surface area contributed by atoms with Crippen LogP contribution in [0.15, 0.2) is 0 Å². The lowest BCUT2D eigenvalue weighted by Crippen LogP contribution is -2.39. The zero-order valence-corrected chi connectivity index (χ0v) is 10.9. The van der Waals surface area contributed by atoms with Gasteiger partial charge in [-0.3, -0.25) is 0 Å². The molecule has 1 fully saturated rings. The molecule has 0 aliphatic heterocycles. The van der Waals surface area contributed by atoms with Crippen LogP contribution in [0.4, 0.5) is 0 Å². The predicted octanol–water partition coefficient (Wildman–Crippen LogP) is 4.12. The third-order valence-corrected chi connectivity index (χ3v) is 3.95. The van der Waals surface area contributed by atoms with Gasteiger partial charge in [0.25, 0.3) is 0 Å². The van der Waals surface area contributed by atoms with Crippen molar-refractivity contribution in [1.29, 1.82) is 0 Å². The summed E-state index contributed by atoms with van der Waals surface area (Å²) in [4.78, 5) is 0. The van der Waals surface area contributed by atoms with Crippen molar-refractivity contribution in [2.45, 2.75) is 84.2 Å². The fourth-order valence-corrected chi connectivity index (χ4v) is 2.61. The minimum absolute atomic E-state index is 0.767. The number of hydrogen-bond donors (Lipinski definition) is 1. The summed E-state index contributed by atoms with van der Waals surface area (Å²) in [6, 6.07) is 1.59. The van der Waals surface area contributed by atoms with Crippen molar-refractivity contribution in [2.75, 3.05) is 0 Å². The molecule has 0 aromatic heterocycles. The molecule has 0 amide bonds. The van der Waals surface area contributed by atoms with Crippen molar-refractivity contribution in [3.05, 3.63) is 0 Å². The Morgan fingerprint density at radius 2 is 1.73 bits per heavy atom. The first-order valence-electron chi connectivity index (χ1n) is 7.02. The van der Waals surface area contributed by atoms with E-state index in [1.165, 1.54) is 51.4 Å². The average Bonchev–Trinajstić information content (AvgIpc) is 2.29. The van der Waals surface area contributed by atoms with E-state index in [-0.39, 0.29) is 0 Å². The smallest absolute Gasteiger partial charge is 0.00696 e. The van der Waals surface area contributed by atoms with Gasteiger partial charge in [0.2, 0.25) is 0 Å². The molecule has 15 heavy (non-hydrogen) atoms. The molecule has 0 bridgehead atoms. The van der Waals surface area contributed by atoms with Crippen molar-refractivity contribution in [1.82, 2.24) is 5.32 Å². The van der Waals surface area contributed by atoms with Gasteiger partial charge < -0.3 is 5.32 Å². The van der Waals surface area contributed by atoms with Crippen LogP contribution in [0.3, 0.4) is 0 Å². The highest BCUT2D eigenvalue weighted by molar-refractivity contribution is 4.77. The fourth-order valence-electron chi connectivity index (χ4n) is 2.61. The average molecular weight is 211 g/mol. The molecule has 0 saturated heterocycles. The molecular weight excluding hydrogens is 182 g/mol. The molecule has 1 saturated carbocycles. The molecule has 2 atom stereocenters. The minimum atomic E-state index is 0.767. The second kappa shape index (κ2) is 7.27. The topological polar surface area (TPSA) is 12.0 Å². The Balaban J connectivity index is 2.25. The van der Waals surface area contributed by atoms with E-state index in [1.807, 2.05) is 0 Å². The van der Waals surface area contributed by atoms with Crippen molar-refractivity contribution >= 4 is 0 Å². The Labute approximate surface area is 96.0 Å². The highest BCUT2D eigenvalue weighted by atomic mass is 14.9. The maximum atomic E-state index is 3.87. The summed E-state index contributed by atoms with van der Waals surface area (Å²) in [5.74, 6) is 0.881. The van der Waals surface area contributed by atoms with Crippen molar-refractivity contribution in [3.63, 3.8) is 0 Å². The Morgan fingerprint density at radius 1 is 1.07 bits per heavy atom. The molecule has 0 aromatic carbocycles. The van der Waals surface area contributed by atoms with Gasteiger partial charge in [-0.1, -0.05) is 46.5 Å². The van der Waals surface area contributed by atoms with Gasteiger partial charge in [0.15, 0.2) is 0 Å². The summed E-state index contributed by atoms with van der Waals surface area (Å²) in [5.41, 5.74) is 0. The lowest BCUT2D eigenvalue weighted by atomic mass is 9.92. The minimum Gasteiger partial charge on any atom is -0.311 e. The van der Waals surface area contributed by atoms with Crippen molar-refractivity contribution < 1.29 is 0 Å². The van der Waals surface area contributed by atoms with Crippen LogP contribution in [0.25, 0.3) is 0 Å². The maximum absolute atomic E-state index is 3.87. The SMILES string of the molecule is CCC(C)CC(CC)NC1CCCCC1. The lowest BCUT2D eigenvalue weighted by Gasteiger charge is -2.29. The molecule has 1 heteroatoms. The third kappa shape index (κ3) is 5.01. The van der Waals surface area contributed by atoms with Gasteiger partial charge >= 0.3 is 0 Å². The first-order valence-corrected chi connectivity index (χ1v) is 7.02. The molecule has 0 radical (unpaired) electrons. The van der Waals surface area contributed by atoms with Gasteiger partial charge in [-0.2, -0.15) is 0 Å². The second-order valence-electron chi connectivity index (χ2n) is 5.36. The molecule has 1 nitrogen and oxygen atoms in total. The van der Waals surface area contributed by atoms with Crippen molar-refractivity contribution in [3.8, 4) is 0 Å². The molecule has 1 aliphatic rings. The molecular formula is C14H29N. The van der Waals surface area contributed by atoms with Crippen LogP contribution in [0.5, 0.6) is 0 Å². The second-order valence-corrected chi connectivity index (χ2v) is 5.36. The summed E-state index contributed by atoms with van der Waals surface area (Å²) in [6.45, 7) is 7.01. The third-order valence-electron chi connectivity index (χ3n) is 3.95. The Kier molecular flexibility index (Phi) is 6.31. The van der Waals surface area contributed by atoms with Gasteiger partial charge in [-0.05, 0) is 31.6 Å². The largest absolute Gasteiger partial charge is 0.311 e. The molecule has 2 unspecified atom stereocenters. The highest BCUT2D eigenvalue weighted by Gasteiger charge is 2.17. The van der Waals surface area contributed by atoms with Gasteiger partial charge in [0, 0.05) is 12.1 Å². The molecule has 1 aliphatic carbocycles. The van der Waals surface area contributed by atoms with E-state index in [2.05, 4.69) is 26.1 Å². The quantitative estimate of drug-likeness (QED) is 0.697. The van der Waals surface area contributed by atoms with Crippen LogP contribution in [0.2, 0.25) is 0 Å². The standard InChI is InChI=1S/C14H29N/c1-4-12(3)11-13(5-2)15-14-9-7-6-8-10-14/h12-15H,4-11H2,1-3H3. The van der Waals surface area contributed by atoms with Crippen LogP contribution in [0, 0.1) is 5.92 Å². The summed E-state index contributed by atoms with van der Waals surface area (Å²) >= 11 is 0. The van der Waals surface area contributed by atoms with Crippen LogP contribution in [-0.2, 0) is 0 Å². The van der Waals surface area contributed by atoms with E-state index >= 15 is 0 Å². The number of rotatable bonds is 6. The van der Waals surface area contributed by atoms with E-state index in [9.17, 15) is 0 Å². The zero-order valence-electron chi connectivity index (χ0n) is 10.9. The van der Waals surface area contributed by atoms with E-state index < -0.39 is 0 Å². The van der Waals surface area contributed by atoms with Gasteiger partial charge in [0.05, 0.1) is 0 Å². The van der Waals surface area contributed by atoms with Gasteiger partial charge in [0.1, 0.15) is 0 Å². The summed E-state index contributed by atoms with van der Waals surface area (Å²) in [5, 5.41) is 3.87. The van der Waals surface area contributed by atoms with E-state index in [0.717, 1.165) is 18.0 Å². The molecule has 0 aromatic rings. The van der Waals surface area contributed by atoms with Crippen molar-refractivity contribution in [2.24, 2.45) is 5.92 Å². The Morgan fingerprint density at radius 3 is 2.27 bits per heavy atom. The molecule has 1 rings (SSSR count). The maximum Gasteiger partial charge on any atom is 0.00696 e. The summed E-state index contributed by atoms with van der Waals surface area (Å²) in [6.07, 6.45) is 11.1. The highest BCUT2D eigenvalue weighted by Crippen LogP contribution is 2.20. The van der Waals surface area contributed by atoms with E-state index in [0.29, 0.717) is 0 Å². The van der Waals surface area contributed by atoms with Crippen LogP contribution in [-0.4, -0.2) is 12.1 Å². The van der Waals surface area contributed by atoms with Crippen LogP contribution >= 0.6 is 0 Å². The first-order chi connectivity index (χ1) is 7.26. The molecule has 90 valence electrons. The van der Waals surface area contributed by atoms with Gasteiger partial charge in [-0.25, -0.2) is 0 Å². The Hall–Kier alpha value is -0.0400. The molecule has 1 N–H and O–H groups in total. The normalized spacial score (nSPS) is 22.6. The molecule has 0 heterocycles. The lowest BCUT2D eigenvalue weighted by molar-refractivity contribution is 0.299. The number of nitrogens with one attached hydrogen (secondary N) is 1. The molecule has 0 spiro atoms. The Bertz CT molecular complexity index is 149. The summed E-state index contributed by atoms with van der Waals surface area (Å²) < 4.78 is 0. The fraction of sp³-hybridized carbons (Fsp3) is 1.00. The van der Waals surface area contributed by atoms with E-state index in [1.54, 1.807) is 0 Å². The zero-order chi connectivity index (χ0) is 11.1. The van der Waals surface area contributed by atoms with Gasteiger partial charge in [-0.15, -0.1) is 0 Å². The monoisotopic (exact) mass is 211 g/mol. The number of hydrogen-bond acceptors (Lipinski definition) is 1.